The number of aromatic nitrogens is 1. The lowest BCUT2D eigenvalue weighted by Crippen LogP contribution is -2.06. The number of fused-ring (bicyclic) bond motifs is 1. The summed E-state index contributed by atoms with van der Waals surface area (Å²) in [6.07, 6.45) is 1.63. The van der Waals surface area contributed by atoms with Gasteiger partial charge in [0.25, 0.3) is 0 Å². The van der Waals surface area contributed by atoms with Crippen LogP contribution in [0.15, 0.2) is 60.8 Å². The second-order valence-corrected chi connectivity index (χ2v) is 4.23. The van der Waals surface area contributed by atoms with E-state index >= 15 is 0 Å². The Morgan fingerprint density at radius 2 is 1.63 bits per heavy atom. The van der Waals surface area contributed by atoms with Crippen molar-refractivity contribution in [1.82, 2.24) is 4.98 Å². The second kappa shape index (κ2) is 4.61. The van der Waals surface area contributed by atoms with E-state index in [9.17, 15) is 9.18 Å². The number of pyridine rings is 1. The fraction of sp³-hybridized carbons (Fsp3) is 0. The van der Waals surface area contributed by atoms with E-state index < -0.39 is 11.6 Å². The molecule has 2 aromatic carbocycles. The maximum atomic E-state index is 13.6. The summed E-state index contributed by atoms with van der Waals surface area (Å²) >= 11 is 0. The van der Waals surface area contributed by atoms with Gasteiger partial charge in [0, 0.05) is 11.6 Å². The number of nitrogens with zero attached hydrogens (tertiary/aromatic N) is 1. The van der Waals surface area contributed by atoms with Gasteiger partial charge in [-0.15, -0.1) is 0 Å². The topological polar surface area (TPSA) is 30.0 Å². The molecule has 0 saturated heterocycles. The zero-order valence-corrected chi connectivity index (χ0v) is 10.0. The van der Waals surface area contributed by atoms with E-state index in [1.807, 2.05) is 24.3 Å². The molecule has 0 amide bonds. The van der Waals surface area contributed by atoms with Crippen molar-refractivity contribution in [3.8, 4) is 0 Å². The average molecular weight is 251 g/mol. The minimum Gasteiger partial charge on any atom is -0.287 e. The normalized spacial score (nSPS) is 10.6. The summed E-state index contributed by atoms with van der Waals surface area (Å²) in [6.45, 7) is 0. The molecule has 3 aromatic rings. The van der Waals surface area contributed by atoms with Gasteiger partial charge in [0.2, 0.25) is 5.78 Å². The molecule has 0 radical (unpaired) electrons. The zero-order chi connectivity index (χ0) is 13.2. The lowest BCUT2D eigenvalue weighted by molar-refractivity contribution is 0.103. The Kier molecular flexibility index (Phi) is 2.80. The van der Waals surface area contributed by atoms with E-state index in [4.69, 9.17) is 0 Å². The molecule has 19 heavy (non-hydrogen) atoms. The molecular formula is C16H10FNO. The standard InChI is InChI=1S/C16H10FNO/c17-14-8-4-3-7-13(14)16(19)15-9-11-5-1-2-6-12(11)10-18-15/h1-10H. The molecule has 0 spiro atoms. The third kappa shape index (κ3) is 2.10. The molecule has 3 heteroatoms. The molecule has 0 aliphatic rings. The molecule has 0 bridgehead atoms. The van der Waals surface area contributed by atoms with Crippen LogP contribution in [0, 0.1) is 5.82 Å². The highest BCUT2D eigenvalue weighted by atomic mass is 19.1. The van der Waals surface area contributed by atoms with Crippen molar-refractivity contribution in [3.63, 3.8) is 0 Å². The van der Waals surface area contributed by atoms with Crippen molar-refractivity contribution in [2.24, 2.45) is 0 Å². The van der Waals surface area contributed by atoms with Gasteiger partial charge >= 0.3 is 0 Å². The van der Waals surface area contributed by atoms with Crippen LogP contribution >= 0.6 is 0 Å². The lowest BCUT2D eigenvalue weighted by atomic mass is 10.1. The molecule has 1 aromatic heterocycles. The number of hydrogen-bond acceptors (Lipinski definition) is 2. The van der Waals surface area contributed by atoms with E-state index in [0.29, 0.717) is 0 Å². The first-order valence-corrected chi connectivity index (χ1v) is 5.90. The van der Waals surface area contributed by atoms with Crippen LogP contribution in [0.3, 0.4) is 0 Å². The van der Waals surface area contributed by atoms with Crippen molar-refractivity contribution in [3.05, 3.63) is 77.9 Å². The molecule has 3 rings (SSSR count). The Morgan fingerprint density at radius 1 is 0.947 bits per heavy atom. The largest absolute Gasteiger partial charge is 0.287 e. The van der Waals surface area contributed by atoms with E-state index in [0.717, 1.165) is 10.8 Å². The van der Waals surface area contributed by atoms with Crippen molar-refractivity contribution in [1.29, 1.82) is 0 Å². The minimum absolute atomic E-state index is 0.0466. The van der Waals surface area contributed by atoms with Crippen LogP contribution in [0.5, 0.6) is 0 Å². The van der Waals surface area contributed by atoms with E-state index in [1.54, 1.807) is 24.4 Å². The van der Waals surface area contributed by atoms with E-state index in [1.165, 1.54) is 12.1 Å². The molecular weight excluding hydrogens is 241 g/mol. The summed E-state index contributed by atoms with van der Waals surface area (Å²) in [5, 5.41) is 1.87. The molecule has 2 nitrogen and oxygen atoms in total. The fourth-order valence-electron chi connectivity index (χ4n) is 1.99. The van der Waals surface area contributed by atoms with Crippen LogP contribution in [0.25, 0.3) is 10.8 Å². The Morgan fingerprint density at radius 3 is 2.42 bits per heavy atom. The van der Waals surface area contributed by atoms with E-state index in [2.05, 4.69) is 4.98 Å². The van der Waals surface area contributed by atoms with Gasteiger partial charge in [0.1, 0.15) is 11.5 Å². The summed E-state index contributed by atoms with van der Waals surface area (Å²) in [5.41, 5.74) is 0.300. The predicted octanol–water partition coefficient (Wildman–Crippen LogP) is 3.60. The zero-order valence-electron chi connectivity index (χ0n) is 10.0. The number of hydrogen-bond donors (Lipinski definition) is 0. The molecule has 0 saturated carbocycles. The van der Waals surface area contributed by atoms with Gasteiger partial charge in [-0.3, -0.25) is 9.78 Å². The van der Waals surface area contributed by atoms with Crippen LogP contribution in [-0.4, -0.2) is 10.8 Å². The van der Waals surface area contributed by atoms with Gasteiger partial charge in [-0.05, 0) is 23.6 Å². The molecule has 0 unspecified atom stereocenters. The quantitative estimate of drug-likeness (QED) is 0.651. The van der Waals surface area contributed by atoms with Crippen LogP contribution in [0.2, 0.25) is 0 Å². The SMILES string of the molecule is O=C(c1cc2ccccc2cn1)c1ccccc1F. The number of benzene rings is 2. The van der Waals surface area contributed by atoms with Gasteiger partial charge in [0.05, 0.1) is 5.56 Å². The first kappa shape index (κ1) is 11.5. The first-order valence-electron chi connectivity index (χ1n) is 5.90. The third-order valence-electron chi connectivity index (χ3n) is 2.98. The fourth-order valence-corrected chi connectivity index (χ4v) is 1.99. The summed E-state index contributed by atoms with van der Waals surface area (Å²) in [7, 11) is 0. The summed E-state index contributed by atoms with van der Waals surface area (Å²) < 4.78 is 13.6. The van der Waals surface area contributed by atoms with Crippen LogP contribution in [0.1, 0.15) is 16.1 Å². The molecule has 0 aliphatic carbocycles. The molecule has 92 valence electrons. The van der Waals surface area contributed by atoms with Gasteiger partial charge in [0.15, 0.2) is 0 Å². The van der Waals surface area contributed by atoms with Crippen LogP contribution in [0.4, 0.5) is 4.39 Å². The number of carbonyl (C=O) groups is 1. The van der Waals surface area contributed by atoms with Crippen LogP contribution < -0.4 is 0 Å². The van der Waals surface area contributed by atoms with Crippen molar-refractivity contribution >= 4 is 16.6 Å². The van der Waals surface area contributed by atoms with Gasteiger partial charge in [-0.25, -0.2) is 4.39 Å². The maximum Gasteiger partial charge on any atom is 0.214 e. The second-order valence-electron chi connectivity index (χ2n) is 4.23. The highest BCUT2D eigenvalue weighted by Gasteiger charge is 2.14. The predicted molar refractivity (Wildman–Crippen MR) is 71.6 cm³/mol. The minimum atomic E-state index is -0.526. The molecule has 1 heterocycles. The molecule has 0 aliphatic heterocycles. The maximum absolute atomic E-state index is 13.6. The Hall–Kier alpha value is -2.55. The lowest BCUT2D eigenvalue weighted by Gasteiger charge is -2.03. The summed E-state index contributed by atoms with van der Waals surface area (Å²) in [5.74, 6) is -0.925. The highest BCUT2D eigenvalue weighted by Crippen LogP contribution is 2.17. The van der Waals surface area contributed by atoms with Crippen molar-refractivity contribution in [2.75, 3.05) is 0 Å². The van der Waals surface area contributed by atoms with Gasteiger partial charge < -0.3 is 0 Å². The average Bonchev–Trinajstić information content (AvgIpc) is 2.46. The number of halogens is 1. The molecule has 0 N–H and O–H groups in total. The number of carbonyl (C=O) groups excluding carboxylic acids is 1. The van der Waals surface area contributed by atoms with Crippen molar-refractivity contribution in [2.45, 2.75) is 0 Å². The Labute approximate surface area is 109 Å². The number of rotatable bonds is 2. The summed E-state index contributed by atoms with van der Waals surface area (Å²) in [4.78, 5) is 16.3. The Bertz CT molecular complexity index is 767. The first-order chi connectivity index (χ1) is 9.25. The molecule has 0 fully saturated rings. The summed E-state index contributed by atoms with van der Waals surface area (Å²) in [6, 6.07) is 15.2. The van der Waals surface area contributed by atoms with Gasteiger partial charge in [-0.2, -0.15) is 0 Å². The molecule has 0 atom stereocenters. The van der Waals surface area contributed by atoms with Crippen molar-refractivity contribution < 1.29 is 9.18 Å². The smallest absolute Gasteiger partial charge is 0.214 e. The third-order valence-corrected chi connectivity index (χ3v) is 2.98. The van der Waals surface area contributed by atoms with Crippen LogP contribution in [-0.2, 0) is 0 Å². The number of ketones is 1. The Balaban J connectivity index is 2.09. The van der Waals surface area contributed by atoms with Gasteiger partial charge in [-0.1, -0.05) is 36.4 Å². The highest BCUT2D eigenvalue weighted by molar-refractivity contribution is 6.09. The van der Waals surface area contributed by atoms with E-state index in [-0.39, 0.29) is 11.3 Å². The monoisotopic (exact) mass is 251 g/mol.